The normalized spacial score (nSPS) is 10.4. The standard InChI is InChI=1S/C17H22N2O2/c1-4-18-11-15-17(10-9-13(2)19-15)21-12-14-7-5-6-8-16(14)20-3/h5-10,18H,4,11-12H2,1-3H3. The minimum absolute atomic E-state index is 0.466. The highest BCUT2D eigenvalue weighted by molar-refractivity contribution is 5.34. The van der Waals surface area contributed by atoms with E-state index in [0.29, 0.717) is 13.2 Å². The van der Waals surface area contributed by atoms with Gasteiger partial charge in [-0.05, 0) is 31.7 Å². The van der Waals surface area contributed by atoms with E-state index in [-0.39, 0.29) is 0 Å². The van der Waals surface area contributed by atoms with Crippen LogP contribution >= 0.6 is 0 Å². The van der Waals surface area contributed by atoms with Crippen molar-refractivity contribution in [2.24, 2.45) is 0 Å². The third-order valence-electron chi connectivity index (χ3n) is 3.19. The van der Waals surface area contributed by atoms with Gasteiger partial charge in [-0.2, -0.15) is 0 Å². The van der Waals surface area contributed by atoms with Gasteiger partial charge in [0, 0.05) is 17.8 Å². The molecule has 2 rings (SSSR count). The maximum absolute atomic E-state index is 5.94. The first-order valence-corrected chi connectivity index (χ1v) is 7.16. The summed E-state index contributed by atoms with van der Waals surface area (Å²) < 4.78 is 11.3. The zero-order chi connectivity index (χ0) is 15.1. The molecule has 2 aromatic rings. The Kier molecular flexibility index (Phi) is 5.58. The second kappa shape index (κ2) is 7.64. The summed E-state index contributed by atoms with van der Waals surface area (Å²) >= 11 is 0. The molecule has 21 heavy (non-hydrogen) atoms. The highest BCUT2D eigenvalue weighted by Crippen LogP contribution is 2.22. The van der Waals surface area contributed by atoms with E-state index in [9.17, 15) is 0 Å². The van der Waals surface area contributed by atoms with Gasteiger partial charge < -0.3 is 14.8 Å². The molecule has 1 aromatic heterocycles. The summed E-state index contributed by atoms with van der Waals surface area (Å²) in [5.74, 6) is 1.65. The number of hydrogen-bond acceptors (Lipinski definition) is 4. The highest BCUT2D eigenvalue weighted by Gasteiger charge is 2.08. The van der Waals surface area contributed by atoms with Crippen LogP contribution in [0.1, 0.15) is 23.9 Å². The third kappa shape index (κ3) is 4.20. The second-order valence-electron chi connectivity index (χ2n) is 4.78. The molecule has 1 aromatic carbocycles. The number of para-hydroxylation sites is 1. The van der Waals surface area contributed by atoms with E-state index in [4.69, 9.17) is 9.47 Å². The summed E-state index contributed by atoms with van der Waals surface area (Å²) in [7, 11) is 1.67. The maximum Gasteiger partial charge on any atom is 0.142 e. The van der Waals surface area contributed by atoms with Crippen molar-refractivity contribution in [2.45, 2.75) is 27.0 Å². The first-order valence-electron chi connectivity index (χ1n) is 7.16. The van der Waals surface area contributed by atoms with Gasteiger partial charge >= 0.3 is 0 Å². The topological polar surface area (TPSA) is 43.4 Å². The summed E-state index contributed by atoms with van der Waals surface area (Å²) in [5, 5.41) is 3.29. The number of hydrogen-bond donors (Lipinski definition) is 1. The molecule has 0 atom stereocenters. The number of aryl methyl sites for hydroxylation is 1. The zero-order valence-corrected chi connectivity index (χ0v) is 12.8. The molecule has 4 heteroatoms. The zero-order valence-electron chi connectivity index (χ0n) is 12.8. The van der Waals surface area contributed by atoms with Crippen molar-refractivity contribution in [3.05, 3.63) is 53.3 Å². The van der Waals surface area contributed by atoms with Crippen LogP contribution in [0.2, 0.25) is 0 Å². The molecule has 0 spiro atoms. The van der Waals surface area contributed by atoms with Gasteiger partial charge in [0.05, 0.1) is 12.8 Å². The van der Waals surface area contributed by atoms with Crippen LogP contribution in [0.4, 0.5) is 0 Å². The van der Waals surface area contributed by atoms with Crippen molar-refractivity contribution in [1.29, 1.82) is 0 Å². The molecule has 0 aliphatic rings. The molecule has 0 unspecified atom stereocenters. The Balaban J connectivity index is 2.12. The van der Waals surface area contributed by atoms with E-state index in [0.717, 1.165) is 35.0 Å². The van der Waals surface area contributed by atoms with Crippen LogP contribution in [0.3, 0.4) is 0 Å². The Morgan fingerprint density at radius 2 is 1.90 bits per heavy atom. The average Bonchev–Trinajstić information content (AvgIpc) is 2.52. The van der Waals surface area contributed by atoms with Crippen LogP contribution in [-0.4, -0.2) is 18.6 Å². The molecule has 4 nitrogen and oxygen atoms in total. The van der Waals surface area contributed by atoms with E-state index in [1.807, 2.05) is 43.3 Å². The van der Waals surface area contributed by atoms with Crippen LogP contribution in [0, 0.1) is 6.92 Å². The SMILES string of the molecule is CCNCc1nc(C)ccc1OCc1ccccc1OC. The van der Waals surface area contributed by atoms with Gasteiger partial charge in [0.15, 0.2) is 0 Å². The van der Waals surface area contributed by atoms with Crippen molar-refractivity contribution in [3.63, 3.8) is 0 Å². The highest BCUT2D eigenvalue weighted by atomic mass is 16.5. The Bertz CT molecular complexity index is 585. The van der Waals surface area contributed by atoms with Gasteiger partial charge in [0.2, 0.25) is 0 Å². The first kappa shape index (κ1) is 15.3. The first-order chi connectivity index (χ1) is 10.2. The lowest BCUT2D eigenvalue weighted by Gasteiger charge is -2.13. The monoisotopic (exact) mass is 286 g/mol. The number of methoxy groups -OCH3 is 1. The third-order valence-corrected chi connectivity index (χ3v) is 3.19. The number of aromatic nitrogens is 1. The molecule has 112 valence electrons. The molecule has 1 heterocycles. The number of benzene rings is 1. The predicted molar refractivity (Wildman–Crippen MR) is 83.7 cm³/mol. The van der Waals surface area contributed by atoms with Crippen molar-refractivity contribution in [1.82, 2.24) is 10.3 Å². The van der Waals surface area contributed by atoms with E-state index in [1.165, 1.54) is 0 Å². The Morgan fingerprint density at radius 3 is 2.67 bits per heavy atom. The van der Waals surface area contributed by atoms with E-state index < -0.39 is 0 Å². The number of nitrogens with one attached hydrogen (secondary N) is 1. The minimum Gasteiger partial charge on any atom is -0.496 e. The van der Waals surface area contributed by atoms with Crippen molar-refractivity contribution >= 4 is 0 Å². The quantitative estimate of drug-likeness (QED) is 0.849. The Labute approximate surface area is 126 Å². The molecule has 0 bridgehead atoms. The van der Waals surface area contributed by atoms with E-state index in [2.05, 4.69) is 17.2 Å². The second-order valence-corrected chi connectivity index (χ2v) is 4.78. The summed E-state index contributed by atoms with van der Waals surface area (Å²) in [5.41, 5.74) is 2.95. The predicted octanol–water partition coefficient (Wildman–Crippen LogP) is 3.09. The molecule has 0 saturated heterocycles. The average molecular weight is 286 g/mol. The fourth-order valence-corrected chi connectivity index (χ4v) is 2.08. The Morgan fingerprint density at radius 1 is 1.10 bits per heavy atom. The molecular weight excluding hydrogens is 264 g/mol. The van der Waals surface area contributed by atoms with Gasteiger partial charge in [0.25, 0.3) is 0 Å². The van der Waals surface area contributed by atoms with Crippen molar-refractivity contribution < 1.29 is 9.47 Å². The number of rotatable bonds is 7. The lowest BCUT2D eigenvalue weighted by atomic mass is 10.2. The minimum atomic E-state index is 0.466. The Hall–Kier alpha value is -2.07. The van der Waals surface area contributed by atoms with Crippen molar-refractivity contribution in [3.8, 4) is 11.5 Å². The van der Waals surface area contributed by atoms with Crippen LogP contribution in [0.25, 0.3) is 0 Å². The molecule has 0 radical (unpaired) electrons. The summed E-state index contributed by atoms with van der Waals surface area (Å²) in [4.78, 5) is 4.55. The van der Waals surface area contributed by atoms with E-state index >= 15 is 0 Å². The fourth-order valence-electron chi connectivity index (χ4n) is 2.08. The lowest BCUT2D eigenvalue weighted by molar-refractivity contribution is 0.291. The van der Waals surface area contributed by atoms with Crippen molar-refractivity contribution in [2.75, 3.05) is 13.7 Å². The molecule has 0 aliphatic heterocycles. The number of nitrogens with zero attached hydrogens (tertiary/aromatic N) is 1. The fraction of sp³-hybridized carbons (Fsp3) is 0.353. The van der Waals surface area contributed by atoms with Gasteiger partial charge in [0.1, 0.15) is 18.1 Å². The molecule has 0 amide bonds. The summed E-state index contributed by atoms with van der Waals surface area (Å²) in [6, 6.07) is 11.8. The van der Waals surface area contributed by atoms with Gasteiger partial charge in [-0.15, -0.1) is 0 Å². The summed E-state index contributed by atoms with van der Waals surface area (Å²) in [6.07, 6.45) is 0. The molecule has 0 aliphatic carbocycles. The molecule has 0 fully saturated rings. The smallest absolute Gasteiger partial charge is 0.142 e. The largest absolute Gasteiger partial charge is 0.496 e. The van der Waals surface area contributed by atoms with Crippen LogP contribution in [0.15, 0.2) is 36.4 Å². The molecule has 1 N–H and O–H groups in total. The lowest BCUT2D eigenvalue weighted by Crippen LogP contribution is -2.14. The van der Waals surface area contributed by atoms with Crippen LogP contribution < -0.4 is 14.8 Å². The van der Waals surface area contributed by atoms with Crippen LogP contribution in [-0.2, 0) is 13.2 Å². The molecule has 0 saturated carbocycles. The maximum atomic E-state index is 5.94. The number of pyridine rings is 1. The summed E-state index contributed by atoms with van der Waals surface area (Å²) in [6.45, 7) is 6.14. The number of ether oxygens (including phenoxy) is 2. The van der Waals surface area contributed by atoms with Gasteiger partial charge in [-0.25, -0.2) is 0 Å². The van der Waals surface area contributed by atoms with E-state index in [1.54, 1.807) is 7.11 Å². The van der Waals surface area contributed by atoms with Gasteiger partial charge in [-0.3, -0.25) is 4.98 Å². The van der Waals surface area contributed by atoms with Gasteiger partial charge in [-0.1, -0.05) is 25.1 Å². The van der Waals surface area contributed by atoms with Crippen LogP contribution in [0.5, 0.6) is 11.5 Å². The molecular formula is C17H22N2O2.